The Labute approximate surface area is 125 Å². The van der Waals surface area contributed by atoms with Gasteiger partial charge in [-0.3, -0.25) is 14.3 Å². The van der Waals surface area contributed by atoms with Crippen LogP contribution in [0.1, 0.15) is 10.7 Å². The molecule has 21 heavy (non-hydrogen) atoms. The molecule has 0 unspecified atom stereocenters. The lowest BCUT2D eigenvalue weighted by Gasteiger charge is -2.08. The van der Waals surface area contributed by atoms with Crippen LogP contribution in [0.3, 0.4) is 0 Å². The SMILES string of the molecule is Cc1nc(COc2cccn(-c3ccncc3)c2=O)cs1. The number of nitrogens with zero attached hydrogens (tertiary/aromatic N) is 3. The van der Waals surface area contributed by atoms with Gasteiger partial charge in [0.2, 0.25) is 0 Å². The van der Waals surface area contributed by atoms with Crippen LogP contribution in [-0.4, -0.2) is 14.5 Å². The average Bonchev–Trinajstić information content (AvgIpc) is 2.93. The third-order valence-corrected chi connectivity index (χ3v) is 3.72. The molecule has 0 spiro atoms. The second kappa shape index (κ2) is 5.88. The summed E-state index contributed by atoms with van der Waals surface area (Å²) in [5, 5.41) is 2.91. The lowest BCUT2D eigenvalue weighted by Crippen LogP contribution is -2.19. The van der Waals surface area contributed by atoms with Crippen LogP contribution >= 0.6 is 11.3 Å². The van der Waals surface area contributed by atoms with Crippen LogP contribution in [0.15, 0.2) is 53.0 Å². The van der Waals surface area contributed by atoms with Crippen molar-refractivity contribution in [3.05, 3.63) is 69.3 Å². The molecule has 0 aliphatic heterocycles. The van der Waals surface area contributed by atoms with Gasteiger partial charge in [-0.1, -0.05) is 0 Å². The van der Waals surface area contributed by atoms with Gasteiger partial charge < -0.3 is 4.74 Å². The molecule has 3 heterocycles. The highest BCUT2D eigenvalue weighted by Gasteiger charge is 2.07. The zero-order valence-electron chi connectivity index (χ0n) is 11.4. The summed E-state index contributed by atoms with van der Waals surface area (Å²) in [6.45, 7) is 2.23. The maximum absolute atomic E-state index is 12.4. The second-order valence-corrected chi connectivity index (χ2v) is 5.46. The minimum atomic E-state index is -0.198. The molecule has 3 aromatic heterocycles. The van der Waals surface area contributed by atoms with E-state index in [1.165, 1.54) is 4.57 Å². The summed E-state index contributed by atoms with van der Waals surface area (Å²) in [4.78, 5) is 20.7. The van der Waals surface area contributed by atoms with Gasteiger partial charge in [0.05, 0.1) is 16.4 Å². The van der Waals surface area contributed by atoms with Crippen LogP contribution in [0.2, 0.25) is 0 Å². The normalized spacial score (nSPS) is 10.5. The Bertz CT molecular complexity index is 796. The topological polar surface area (TPSA) is 57.0 Å². The van der Waals surface area contributed by atoms with E-state index in [0.29, 0.717) is 12.4 Å². The minimum absolute atomic E-state index is 0.198. The van der Waals surface area contributed by atoms with Crippen molar-refractivity contribution in [1.29, 1.82) is 0 Å². The zero-order chi connectivity index (χ0) is 14.7. The van der Waals surface area contributed by atoms with Crippen molar-refractivity contribution in [3.63, 3.8) is 0 Å². The summed E-state index contributed by atoms with van der Waals surface area (Å²) in [5.74, 6) is 0.306. The van der Waals surface area contributed by atoms with Crippen LogP contribution < -0.4 is 10.3 Å². The molecule has 0 radical (unpaired) electrons. The summed E-state index contributed by atoms with van der Waals surface area (Å²) in [6.07, 6.45) is 5.00. The standard InChI is InChI=1S/C15H13N3O2S/c1-11-17-12(10-21-11)9-20-14-3-2-8-18(15(14)19)13-4-6-16-7-5-13/h2-8,10H,9H2,1H3. The van der Waals surface area contributed by atoms with Gasteiger partial charge in [-0.15, -0.1) is 11.3 Å². The Balaban J connectivity index is 1.85. The van der Waals surface area contributed by atoms with Crippen LogP contribution in [0, 0.1) is 6.92 Å². The lowest BCUT2D eigenvalue weighted by molar-refractivity contribution is 0.296. The van der Waals surface area contributed by atoms with Crippen LogP contribution in [0.25, 0.3) is 5.69 Å². The second-order valence-electron chi connectivity index (χ2n) is 4.40. The van der Waals surface area contributed by atoms with E-state index < -0.39 is 0 Å². The minimum Gasteiger partial charge on any atom is -0.481 e. The molecule has 0 saturated heterocycles. The van der Waals surface area contributed by atoms with Gasteiger partial charge in [0.1, 0.15) is 6.61 Å². The molecule has 5 nitrogen and oxygen atoms in total. The largest absolute Gasteiger partial charge is 0.481 e. The number of hydrogen-bond donors (Lipinski definition) is 0. The molecule has 0 bridgehead atoms. The van der Waals surface area contributed by atoms with Gasteiger partial charge >= 0.3 is 0 Å². The zero-order valence-corrected chi connectivity index (χ0v) is 12.2. The molecular weight excluding hydrogens is 286 g/mol. The first-order chi connectivity index (χ1) is 10.2. The van der Waals surface area contributed by atoms with E-state index in [2.05, 4.69) is 9.97 Å². The fourth-order valence-corrected chi connectivity index (χ4v) is 2.52. The molecule has 0 atom stereocenters. The number of aryl methyl sites for hydroxylation is 1. The fourth-order valence-electron chi connectivity index (χ4n) is 1.92. The quantitative estimate of drug-likeness (QED) is 0.743. The number of thiazole rings is 1. The Kier molecular flexibility index (Phi) is 3.79. The van der Waals surface area contributed by atoms with Crippen molar-refractivity contribution in [1.82, 2.24) is 14.5 Å². The van der Waals surface area contributed by atoms with E-state index in [1.54, 1.807) is 54.2 Å². The molecular formula is C15H13N3O2S. The number of rotatable bonds is 4. The number of aromatic nitrogens is 3. The molecule has 0 aliphatic carbocycles. The van der Waals surface area contributed by atoms with E-state index in [0.717, 1.165) is 16.4 Å². The molecule has 0 aromatic carbocycles. The van der Waals surface area contributed by atoms with Crippen molar-refractivity contribution in [2.75, 3.05) is 0 Å². The first-order valence-electron chi connectivity index (χ1n) is 6.40. The third-order valence-electron chi connectivity index (χ3n) is 2.90. The van der Waals surface area contributed by atoms with Gasteiger partial charge in [0.15, 0.2) is 5.75 Å². The third kappa shape index (κ3) is 3.00. The van der Waals surface area contributed by atoms with Crippen LogP contribution in [-0.2, 0) is 6.61 Å². The molecule has 106 valence electrons. The highest BCUT2D eigenvalue weighted by molar-refractivity contribution is 7.09. The molecule has 3 aromatic rings. The van der Waals surface area contributed by atoms with Crippen molar-refractivity contribution >= 4 is 11.3 Å². The fraction of sp³-hybridized carbons (Fsp3) is 0.133. The van der Waals surface area contributed by atoms with Crippen molar-refractivity contribution in [3.8, 4) is 11.4 Å². The Morgan fingerprint density at radius 3 is 2.81 bits per heavy atom. The van der Waals surface area contributed by atoms with Crippen molar-refractivity contribution in [2.24, 2.45) is 0 Å². The number of ether oxygens (including phenoxy) is 1. The van der Waals surface area contributed by atoms with Crippen LogP contribution in [0.4, 0.5) is 0 Å². The van der Waals surface area contributed by atoms with E-state index in [1.807, 2.05) is 12.3 Å². The van der Waals surface area contributed by atoms with Gasteiger partial charge in [-0.2, -0.15) is 0 Å². The van der Waals surface area contributed by atoms with Gasteiger partial charge in [0.25, 0.3) is 5.56 Å². The highest BCUT2D eigenvalue weighted by atomic mass is 32.1. The lowest BCUT2D eigenvalue weighted by atomic mass is 10.3. The van der Waals surface area contributed by atoms with E-state index in [4.69, 9.17) is 4.74 Å². The predicted octanol–water partition coefficient (Wildman–Crippen LogP) is 2.58. The summed E-state index contributed by atoms with van der Waals surface area (Å²) in [6, 6.07) is 6.99. The van der Waals surface area contributed by atoms with Crippen LogP contribution in [0.5, 0.6) is 5.75 Å². The summed E-state index contributed by atoms with van der Waals surface area (Å²) in [7, 11) is 0. The van der Waals surface area contributed by atoms with Crippen molar-refractivity contribution < 1.29 is 4.74 Å². The Morgan fingerprint density at radius 2 is 2.10 bits per heavy atom. The maximum atomic E-state index is 12.4. The number of pyridine rings is 2. The molecule has 0 fully saturated rings. The van der Waals surface area contributed by atoms with E-state index in [9.17, 15) is 4.79 Å². The number of hydrogen-bond acceptors (Lipinski definition) is 5. The molecule has 0 aliphatic rings. The Hall–Kier alpha value is -2.47. The smallest absolute Gasteiger partial charge is 0.297 e. The van der Waals surface area contributed by atoms with E-state index >= 15 is 0 Å². The summed E-state index contributed by atoms with van der Waals surface area (Å²) >= 11 is 1.56. The van der Waals surface area contributed by atoms with Gasteiger partial charge in [-0.25, -0.2) is 4.98 Å². The monoisotopic (exact) mass is 299 g/mol. The van der Waals surface area contributed by atoms with Crippen molar-refractivity contribution in [2.45, 2.75) is 13.5 Å². The van der Waals surface area contributed by atoms with Gasteiger partial charge in [-0.05, 0) is 31.2 Å². The summed E-state index contributed by atoms with van der Waals surface area (Å²) < 4.78 is 7.12. The first-order valence-corrected chi connectivity index (χ1v) is 7.28. The molecule has 0 saturated carbocycles. The molecule has 0 amide bonds. The van der Waals surface area contributed by atoms with E-state index in [-0.39, 0.29) is 5.56 Å². The molecule has 3 rings (SSSR count). The summed E-state index contributed by atoms with van der Waals surface area (Å²) in [5.41, 5.74) is 1.39. The van der Waals surface area contributed by atoms with Gasteiger partial charge in [0, 0.05) is 24.0 Å². The Morgan fingerprint density at radius 1 is 1.29 bits per heavy atom. The predicted molar refractivity (Wildman–Crippen MR) is 81.0 cm³/mol. The average molecular weight is 299 g/mol. The molecule has 6 heteroatoms. The molecule has 0 N–H and O–H groups in total. The highest BCUT2D eigenvalue weighted by Crippen LogP contribution is 2.12. The maximum Gasteiger partial charge on any atom is 0.297 e. The first kappa shape index (κ1) is 13.5.